The summed E-state index contributed by atoms with van der Waals surface area (Å²) < 4.78 is 48.2. The highest BCUT2D eigenvalue weighted by atomic mass is 19.4. The van der Waals surface area contributed by atoms with Gasteiger partial charge in [0.05, 0.1) is 12.6 Å². The molecular weight excluding hydrogens is 369 g/mol. The number of rotatable bonds is 4. The summed E-state index contributed by atoms with van der Waals surface area (Å²) in [6, 6.07) is 12.9. The molecule has 1 fully saturated rings. The lowest BCUT2D eigenvalue weighted by molar-refractivity contribution is -0.274. The van der Waals surface area contributed by atoms with Crippen molar-refractivity contribution in [3.8, 4) is 11.5 Å². The highest BCUT2D eigenvalue weighted by Crippen LogP contribution is 2.41. The summed E-state index contributed by atoms with van der Waals surface area (Å²) in [6.45, 7) is 1.27. The van der Waals surface area contributed by atoms with E-state index in [1.54, 1.807) is 0 Å². The van der Waals surface area contributed by atoms with Gasteiger partial charge >= 0.3 is 6.36 Å². The molecule has 2 aliphatic rings. The number of hydrogen-bond donors (Lipinski definition) is 1. The minimum absolute atomic E-state index is 0.0131. The Balaban J connectivity index is 1.65. The predicted octanol–water partition coefficient (Wildman–Crippen LogP) is 4.39. The van der Waals surface area contributed by atoms with Crippen LogP contribution in [0.15, 0.2) is 42.5 Å². The summed E-state index contributed by atoms with van der Waals surface area (Å²) in [7, 11) is 0. The molecule has 0 aromatic heterocycles. The first-order valence-corrected chi connectivity index (χ1v) is 9.51. The van der Waals surface area contributed by atoms with Gasteiger partial charge in [-0.1, -0.05) is 30.3 Å². The highest BCUT2D eigenvalue weighted by Gasteiger charge is 2.35. The van der Waals surface area contributed by atoms with Gasteiger partial charge in [0.15, 0.2) is 0 Å². The maximum atomic E-state index is 12.7. The van der Waals surface area contributed by atoms with Crippen molar-refractivity contribution in [1.29, 1.82) is 0 Å². The molecule has 2 aromatic rings. The van der Waals surface area contributed by atoms with Crippen molar-refractivity contribution in [2.24, 2.45) is 11.8 Å². The third kappa shape index (κ3) is 4.10. The van der Waals surface area contributed by atoms with Crippen LogP contribution >= 0.6 is 0 Å². The van der Waals surface area contributed by atoms with Crippen LogP contribution in [0, 0.1) is 5.92 Å². The van der Waals surface area contributed by atoms with Crippen molar-refractivity contribution < 1.29 is 22.6 Å². The van der Waals surface area contributed by atoms with Crippen molar-refractivity contribution in [1.82, 2.24) is 5.01 Å². The second kappa shape index (κ2) is 7.64. The standard InChI is InChI=1S/C21H23F3N2O2/c22-21(23,24)28-18-12-16-8-10-27-20(16)17(13-18)11-15-7-4-9-26(25)19(15)14-5-2-1-3-6-14/h1-3,5-6,12-13,15,19H,4,7-11,25H2/t15-,19+/m0/s1. The van der Waals surface area contributed by atoms with E-state index in [0.29, 0.717) is 25.2 Å². The number of nitrogens with zero attached hydrogens (tertiary/aromatic N) is 1. The monoisotopic (exact) mass is 392 g/mol. The Morgan fingerprint density at radius 1 is 1.18 bits per heavy atom. The Kier molecular flexibility index (Phi) is 5.21. The Bertz CT molecular complexity index is 826. The molecule has 4 nitrogen and oxygen atoms in total. The molecule has 2 atom stereocenters. The normalized spacial score (nSPS) is 22.6. The summed E-state index contributed by atoms with van der Waals surface area (Å²) in [6.07, 6.45) is -1.63. The van der Waals surface area contributed by atoms with E-state index < -0.39 is 6.36 Å². The number of alkyl halides is 3. The zero-order valence-electron chi connectivity index (χ0n) is 15.4. The van der Waals surface area contributed by atoms with Gasteiger partial charge < -0.3 is 9.47 Å². The molecule has 7 heteroatoms. The first-order valence-electron chi connectivity index (χ1n) is 9.51. The zero-order chi connectivity index (χ0) is 19.7. The summed E-state index contributed by atoms with van der Waals surface area (Å²) in [5.41, 5.74) is 2.65. The number of piperidine rings is 1. The summed E-state index contributed by atoms with van der Waals surface area (Å²) >= 11 is 0. The molecule has 0 bridgehead atoms. The molecule has 2 heterocycles. The average molecular weight is 392 g/mol. The van der Waals surface area contributed by atoms with Crippen LogP contribution in [0.1, 0.15) is 35.6 Å². The van der Waals surface area contributed by atoms with E-state index >= 15 is 0 Å². The van der Waals surface area contributed by atoms with Crippen LogP contribution in [0.3, 0.4) is 0 Å². The van der Waals surface area contributed by atoms with E-state index in [1.165, 1.54) is 12.1 Å². The van der Waals surface area contributed by atoms with Gasteiger partial charge in [-0.3, -0.25) is 5.84 Å². The molecular formula is C21H23F3N2O2. The van der Waals surface area contributed by atoms with Crippen LogP contribution in [0.25, 0.3) is 0 Å². The van der Waals surface area contributed by atoms with Crippen molar-refractivity contribution >= 4 is 0 Å². The van der Waals surface area contributed by atoms with E-state index in [4.69, 9.17) is 10.6 Å². The average Bonchev–Trinajstić information content (AvgIpc) is 3.10. The van der Waals surface area contributed by atoms with E-state index in [9.17, 15) is 13.2 Å². The number of halogens is 3. The molecule has 0 aliphatic carbocycles. The molecule has 0 unspecified atom stereocenters. The first-order chi connectivity index (χ1) is 13.4. The fraction of sp³-hybridized carbons (Fsp3) is 0.429. The minimum Gasteiger partial charge on any atom is -0.493 e. The van der Waals surface area contributed by atoms with Gasteiger partial charge in [0.1, 0.15) is 11.5 Å². The molecule has 4 rings (SSSR count). The van der Waals surface area contributed by atoms with Crippen LogP contribution < -0.4 is 15.3 Å². The third-order valence-electron chi connectivity index (χ3n) is 5.49. The third-order valence-corrected chi connectivity index (χ3v) is 5.49. The smallest absolute Gasteiger partial charge is 0.493 e. The number of hydrazine groups is 1. The van der Waals surface area contributed by atoms with Gasteiger partial charge in [-0.05, 0) is 48.4 Å². The molecule has 28 heavy (non-hydrogen) atoms. The van der Waals surface area contributed by atoms with Crippen molar-refractivity contribution in [3.63, 3.8) is 0 Å². The fourth-order valence-corrected chi connectivity index (χ4v) is 4.41. The topological polar surface area (TPSA) is 47.7 Å². The van der Waals surface area contributed by atoms with Crippen molar-refractivity contribution in [2.45, 2.75) is 38.1 Å². The molecule has 0 amide bonds. The van der Waals surface area contributed by atoms with Gasteiger partial charge in [-0.15, -0.1) is 13.2 Å². The highest BCUT2D eigenvalue weighted by molar-refractivity contribution is 5.49. The Labute approximate surface area is 162 Å². The van der Waals surface area contributed by atoms with Crippen molar-refractivity contribution in [3.05, 3.63) is 59.2 Å². The molecule has 150 valence electrons. The minimum atomic E-state index is -4.71. The zero-order valence-corrected chi connectivity index (χ0v) is 15.4. The lowest BCUT2D eigenvalue weighted by Gasteiger charge is -2.39. The first kappa shape index (κ1) is 19.1. The summed E-state index contributed by atoms with van der Waals surface area (Å²) in [4.78, 5) is 0. The Morgan fingerprint density at radius 2 is 1.96 bits per heavy atom. The van der Waals surface area contributed by atoms with Crippen molar-refractivity contribution in [2.75, 3.05) is 13.2 Å². The van der Waals surface area contributed by atoms with E-state index in [1.807, 2.05) is 35.3 Å². The number of fused-ring (bicyclic) bond motifs is 1. The largest absolute Gasteiger partial charge is 0.573 e. The van der Waals surface area contributed by atoms with E-state index in [2.05, 4.69) is 4.74 Å². The molecule has 2 N–H and O–H groups in total. The second-order valence-electron chi connectivity index (χ2n) is 7.42. The summed E-state index contributed by atoms with van der Waals surface area (Å²) in [5.74, 6) is 7.01. The molecule has 1 saturated heterocycles. The van der Waals surface area contributed by atoms with Gasteiger partial charge in [-0.2, -0.15) is 0 Å². The predicted molar refractivity (Wildman–Crippen MR) is 98.8 cm³/mol. The summed E-state index contributed by atoms with van der Waals surface area (Å²) in [5, 5.41) is 1.85. The van der Waals surface area contributed by atoms with Gasteiger partial charge in [0, 0.05) is 18.5 Å². The Hall–Kier alpha value is -2.25. The quantitative estimate of drug-likeness (QED) is 0.784. The molecule has 0 radical (unpaired) electrons. The van der Waals surface area contributed by atoms with Gasteiger partial charge in [0.2, 0.25) is 0 Å². The van der Waals surface area contributed by atoms with Crippen LogP contribution in [0.5, 0.6) is 11.5 Å². The van der Waals surface area contributed by atoms with Crippen LogP contribution in [0.2, 0.25) is 0 Å². The maximum absolute atomic E-state index is 12.7. The lowest BCUT2D eigenvalue weighted by atomic mass is 9.81. The number of hydrogen-bond acceptors (Lipinski definition) is 4. The maximum Gasteiger partial charge on any atom is 0.573 e. The SMILES string of the molecule is NN1CCC[C@@H](Cc2cc(OC(F)(F)F)cc3c2OCC3)[C@H]1c1ccccc1. The number of ether oxygens (including phenoxy) is 2. The van der Waals surface area contributed by atoms with Crippen LogP contribution in [-0.4, -0.2) is 24.5 Å². The molecule has 0 saturated carbocycles. The van der Waals surface area contributed by atoms with E-state index in [-0.39, 0.29) is 17.7 Å². The second-order valence-corrected chi connectivity index (χ2v) is 7.42. The molecule has 2 aliphatic heterocycles. The number of benzene rings is 2. The van der Waals surface area contributed by atoms with Crippen LogP contribution in [-0.2, 0) is 12.8 Å². The molecule has 0 spiro atoms. The van der Waals surface area contributed by atoms with E-state index in [0.717, 1.165) is 36.1 Å². The Morgan fingerprint density at radius 3 is 2.71 bits per heavy atom. The number of nitrogens with two attached hydrogens (primary N) is 1. The fourth-order valence-electron chi connectivity index (χ4n) is 4.41. The van der Waals surface area contributed by atoms with Gasteiger partial charge in [-0.25, -0.2) is 5.01 Å². The van der Waals surface area contributed by atoms with Crippen LogP contribution in [0.4, 0.5) is 13.2 Å². The molecule has 2 aromatic carbocycles. The van der Waals surface area contributed by atoms with Gasteiger partial charge in [0.25, 0.3) is 0 Å². The lowest BCUT2D eigenvalue weighted by Crippen LogP contribution is -2.44.